The summed E-state index contributed by atoms with van der Waals surface area (Å²) in [5.41, 5.74) is 4.24. The van der Waals surface area contributed by atoms with Crippen molar-refractivity contribution in [3.8, 4) is 34.5 Å². The van der Waals surface area contributed by atoms with Crippen molar-refractivity contribution >= 4 is 170 Å². The van der Waals surface area contributed by atoms with Gasteiger partial charge in [-0.3, -0.25) is 27.0 Å². The number of nitrogens with zero attached hydrogens (tertiary/aromatic N) is 10. The summed E-state index contributed by atoms with van der Waals surface area (Å²) in [6.45, 7) is 13.1. The number of ether oxygens (including phenoxy) is 4. The smallest absolute Gasteiger partial charge is 0.473 e. The summed E-state index contributed by atoms with van der Waals surface area (Å²) in [7, 11) is -21.4. The van der Waals surface area contributed by atoms with Crippen molar-refractivity contribution in [1.82, 2.24) is 8.47 Å². The SMILES string of the molecule is CCC[Si](CCC)(CCC)O[Si]1(O[Si](CCC)(CCC)CCC)n2c3c4cc(S(=O)(=O)Nc5cccc(NCOc6ccccc6)c5)ccc4c2N=C2N=C(N=c4c5cc(N(c6cccc(Oc7ccccc7)c6)S(=O)O)ccc5c(n41)=NC1=NC(=N3)c3ccc(N(c4cccc(Oc5ccccc5)c4)S(=O)O)cc31)c1ccc(S(=O)(=O)Nc3cccc(NCOc4ccccc4)c3)cc12. The van der Waals surface area contributed by atoms with E-state index in [1.807, 2.05) is 136 Å². The molecule has 0 fully saturated rings. The third-order valence-corrected chi connectivity index (χ3v) is 44.0. The third-order valence-electron chi connectivity index (χ3n) is 23.7. The van der Waals surface area contributed by atoms with Crippen molar-refractivity contribution in [2.24, 2.45) is 30.0 Å². The van der Waals surface area contributed by atoms with E-state index in [1.165, 1.54) is 26.8 Å². The number of benzene rings is 12. The molecule has 28 nitrogen and oxygen atoms in total. The number of aliphatic imine (C=N–C) groups is 4. The van der Waals surface area contributed by atoms with Crippen LogP contribution in [-0.4, -0.2) is 105 Å². The zero-order chi connectivity index (χ0) is 93.6. The van der Waals surface area contributed by atoms with Crippen LogP contribution in [0.1, 0.15) is 102 Å². The first-order valence-corrected chi connectivity index (χ1v) is 56.9. The van der Waals surface area contributed by atoms with Crippen molar-refractivity contribution in [1.29, 1.82) is 0 Å². The van der Waals surface area contributed by atoms with Crippen molar-refractivity contribution in [3.05, 3.63) is 324 Å². The standard InChI is InChI=1S/C100H100N14O14S4Si3/c1-7-53-133(54-8-2,55-9-3)127-135(128-134(56-10-4,57-11-5)58-12-6)113-97-87-50-46-76(112(130(117)118)74-34-28-44-82(62-74)126-80-41-23-16-24-42-80)64-91(87)99(113)105-94-86-51-47-83(131(119,120)109-71-31-25-29-69(59-71)101-67-123-77-35-17-13-18-36-77)65-90(86)96(104-94)108-98-88-52-48-84(132(121,122)110-72-32-26-30-70(60-72)102-68-124-78-37-19-14-20-38-78)66-92(88)100(114(98)135)106-93-85-49-45-75(63-89(85)95(103-93)107-97)111(129(115)116)73-33-27-43-81(61-73)125-79-39-21-15-22-40-79/h13-52,59-66,101-102,109-110H,7-12,53-58,67-68H2,1-6H3,(H,115,116)(H,117,118). The van der Waals surface area contributed by atoms with Gasteiger partial charge in [-0.25, -0.2) is 63.8 Å². The molecule has 2 unspecified atom stereocenters. The van der Waals surface area contributed by atoms with Crippen LogP contribution in [0.4, 0.5) is 57.1 Å². The van der Waals surface area contributed by atoms with Crippen LogP contribution in [0.15, 0.2) is 331 Å². The molecule has 6 heterocycles. The molecule has 4 aliphatic heterocycles. The highest BCUT2D eigenvalue weighted by Gasteiger charge is 2.61. The Labute approximate surface area is 791 Å². The molecule has 0 radical (unpaired) electrons. The Hall–Kier alpha value is -13.3. The van der Waals surface area contributed by atoms with E-state index >= 15 is 16.8 Å². The van der Waals surface area contributed by atoms with Crippen molar-refractivity contribution in [3.63, 3.8) is 0 Å². The van der Waals surface area contributed by atoms with Crippen LogP contribution >= 0.6 is 0 Å². The topological polar surface area (TPSA) is 337 Å². The van der Waals surface area contributed by atoms with Gasteiger partial charge >= 0.3 is 8.88 Å². The lowest BCUT2D eigenvalue weighted by molar-refractivity contribution is 0.321. The lowest BCUT2D eigenvalue weighted by Gasteiger charge is -2.47. The summed E-state index contributed by atoms with van der Waals surface area (Å²) in [6, 6.07) is 88.1. The molecule has 0 saturated heterocycles. The van der Waals surface area contributed by atoms with Crippen molar-refractivity contribution in [2.75, 3.05) is 42.1 Å². The average molecular weight is 1930 g/mol. The number of para-hydroxylation sites is 4. The number of hydrogen-bond acceptors (Lipinski definition) is 20. The second kappa shape index (κ2) is 39.7. The number of rotatable bonds is 40. The first-order chi connectivity index (χ1) is 65.6. The summed E-state index contributed by atoms with van der Waals surface area (Å²) in [5.74, 6) is 3.53. The Morgan fingerprint density at radius 3 is 1.19 bits per heavy atom. The van der Waals surface area contributed by atoms with E-state index in [0.29, 0.717) is 159 Å². The van der Waals surface area contributed by atoms with Gasteiger partial charge in [0.05, 0.1) is 43.9 Å². The van der Waals surface area contributed by atoms with E-state index in [-0.39, 0.29) is 109 Å². The molecule has 135 heavy (non-hydrogen) atoms. The quantitative estimate of drug-likeness (QED) is 0.0118. The number of nitrogens with one attached hydrogen (secondary N) is 4. The molecule has 2 aromatic heterocycles. The Morgan fingerprint density at radius 2 is 0.711 bits per heavy atom. The molecule has 6 N–H and O–H groups in total. The zero-order valence-electron chi connectivity index (χ0n) is 75.0. The number of fused-ring (bicyclic) bond motifs is 14. The van der Waals surface area contributed by atoms with Crippen LogP contribution in [0.3, 0.4) is 0 Å². The van der Waals surface area contributed by atoms with Crippen LogP contribution in [0.2, 0.25) is 36.3 Å². The second-order valence-electron chi connectivity index (χ2n) is 33.2. The lowest BCUT2D eigenvalue weighted by Crippen LogP contribution is -2.71. The predicted octanol–water partition coefficient (Wildman–Crippen LogP) is 22.4. The van der Waals surface area contributed by atoms with Crippen molar-refractivity contribution < 1.29 is 61.5 Å². The minimum Gasteiger partial charge on any atom is -0.473 e. The van der Waals surface area contributed by atoms with E-state index in [4.69, 9.17) is 48.9 Å². The fourth-order valence-corrected chi connectivity index (χ4v) is 39.4. The first kappa shape index (κ1) is 92.2. The van der Waals surface area contributed by atoms with Crippen molar-refractivity contribution in [2.45, 2.75) is 126 Å². The Morgan fingerprint density at radius 1 is 0.341 bits per heavy atom. The molecule has 0 amide bonds. The van der Waals surface area contributed by atoms with Gasteiger partial charge in [-0.1, -0.05) is 177 Å². The van der Waals surface area contributed by atoms with E-state index in [9.17, 15) is 25.8 Å². The molecular formula is C100H100N14O14S4Si3. The Balaban J connectivity index is 0.953. The van der Waals surface area contributed by atoms with E-state index in [2.05, 4.69) is 61.6 Å². The molecule has 6 bridgehead atoms. The van der Waals surface area contributed by atoms with E-state index in [0.717, 1.165) is 0 Å². The van der Waals surface area contributed by atoms with E-state index < -0.39 is 68.1 Å². The number of amidine groups is 4. The van der Waals surface area contributed by atoms with Gasteiger partial charge in [0, 0.05) is 67.3 Å². The second-order valence-corrected chi connectivity index (χ2v) is 49.6. The fourth-order valence-electron chi connectivity index (χ4n) is 18.2. The molecule has 0 saturated carbocycles. The first-order valence-electron chi connectivity index (χ1n) is 45.0. The van der Waals surface area contributed by atoms with Crippen LogP contribution in [0.25, 0.3) is 21.5 Å². The van der Waals surface area contributed by atoms with Crippen LogP contribution in [0, 0.1) is 0 Å². The average Bonchev–Trinajstić information content (AvgIpc) is 1.52. The number of aromatic nitrogens is 2. The fraction of sp³-hybridized carbons (Fsp3) is 0.200. The molecule has 18 rings (SSSR count). The predicted molar refractivity (Wildman–Crippen MR) is 543 cm³/mol. The van der Waals surface area contributed by atoms with Crippen LogP contribution in [0.5, 0.6) is 34.5 Å². The van der Waals surface area contributed by atoms with Gasteiger partial charge in [0.15, 0.2) is 53.4 Å². The summed E-state index contributed by atoms with van der Waals surface area (Å²) in [4.78, 5) is 34.4. The lowest BCUT2D eigenvalue weighted by atomic mass is 10.1. The molecule has 0 aliphatic carbocycles. The normalized spacial score (nSPS) is 14.0. The minimum absolute atomic E-state index is 0.00365. The molecule has 35 heteroatoms. The minimum atomic E-state index is -5.37. The highest BCUT2D eigenvalue weighted by Crippen LogP contribution is 2.50. The molecule has 0 spiro atoms. The highest BCUT2D eigenvalue weighted by molar-refractivity contribution is 7.93. The maximum absolute atomic E-state index is 16.0. The zero-order valence-corrected chi connectivity index (χ0v) is 81.3. The van der Waals surface area contributed by atoms with E-state index in [1.54, 1.807) is 146 Å². The van der Waals surface area contributed by atoms with Crippen LogP contribution < -0.4 is 58.6 Å². The molecule has 4 aliphatic rings. The monoisotopic (exact) mass is 1930 g/mol. The highest BCUT2D eigenvalue weighted by atomic mass is 32.2. The molecule has 2 atom stereocenters. The summed E-state index contributed by atoms with van der Waals surface area (Å²) in [5, 5.41) is 7.80. The van der Waals surface area contributed by atoms with Gasteiger partial charge in [-0.2, -0.15) is 0 Å². The van der Waals surface area contributed by atoms with Gasteiger partial charge in [0.1, 0.15) is 57.1 Å². The van der Waals surface area contributed by atoms with Crippen LogP contribution in [-0.2, 0) is 50.8 Å². The molecular weight excluding hydrogens is 1830 g/mol. The number of hydrogen-bond donors (Lipinski definition) is 6. The molecule has 690 valence electrons. The summed E-state index contributed by atoms with van der Waals surface area (Å²) >= 11 is -5.57. The summed E-state index contributed by atoms with van der Waals surface area (Å²) in [6.07, 6.45) is 4.13. The summed E-state index contributed by atoms with van der Waals surface area (Å²) < 4.78 is 171. The maximum Gasteiger partial charge on any atom is 0.582 e. The number of sulfonamides is 2. The number of anilines is 8. The third kappa shape index (κ3) is 19.3. The van der Waals surface area contributed by atoms with Gasteiger partial charge in [0.2, 0.25) is 0 Å². The van der Waals surface area contributed by atoms with Gasteiger partial charge < -0.3 is 37.8 Å². The Bertz CT molecular complexity index is 7350. The molecule has 14 aromatic rings. The maximum atomic E-state index is 16.0. The van der Waals surface area contributed by atoms with Gasteiger partial charge in [-0.15, -0.1) is 0 Å². The van der Waals surface area contributed by atoms with Gasteiger partial charge in [0.25, 0.3) is 42.6 Å². The Kier molecular flexibility index (Phi) is 27.1. The molecule has 12 aromatic carbocycles. The largest absolute Gasteiger partial charge is 0.582 e. The van der Waals surface area contributed by atoms with Gasteiger partial charge in [-0.05, 0) is 218 Å².